The molecule has 0 aromatic carbocycles. The first-order valence-electron chi connectivity index (χ1n) is 7.15. The second-order valence-corrected chi connectivity index (χ2v) is 7.90. The Hall–Kier alpha value is -0.840. The molecule has 2 aliphatic rings. The molecule has 1 amide bonds. The molecule has 0 aromatic heterocycles. The highest BCUT2D eigenvalue weighted by Crippen LogP contribution is 2.28. The maximum atomic E-state index is 12.6. The number of sulfone groups is 1. The van der Waals surface area contributed by atoms with E-state index in [1.54, 1.807) is 11.0 Å². The Balaban J connectivity index is 2.06. The molecule has 0 aromatic rings. The molecule has 2 rings (SSSR count). The van der Waals surface area contributed by atoms with Crippen LogP contribution in [0.1, 0.15) is 38.5 Å². The van der Waals surface area contributed by atoms with Gasteiger partial charge in [0.15, 0.2) is 9.84 Å². The summed E-state index contributed by atoms with van der Waals surface area (Å²) in [7, 11) is -2.95. The maximum Gasteiger partial charge on any atom is 0.226 e. The molecule has 1 saturated heterocycles. The van der Waals surface area contributed by atoms with Crippen molar-refractivity contribution >= 4 is 15.7 Å². The first-order valence-corrected chi connectivity index (χ1v) is 8.97. The topological polar surface area (TPSA) is 54.5 Å². The summed E-state index contributed by atoms with van der Waals surface area (Å²) in [4.78, 5) is 14.3. The minimum atomic E-state index is -2.95. The van der Waals surface area contributed by atoms with Gasteiger partial charge in [0.2, 0.25) is 5.91 Å². The summed E-state index contributed by atoms with van der Waals surface area (Å²) in [5.74, 6) is 0.571. The second kappa shape index (κ2) is 6.07. The Bertz CT molecular complexity index is 438. The van der Waals surface area contributed by atoms with E-state index in [4.69, 9.17) is 0 Å². The van der Waals surface area contributed by atoms with E-state index in [0.717, 1.165) is 25.7 Å². The molecule has 108 valence electrons. The highest BCUT2D eigenvalue weighted by molar-refractivity contribution is 7.91. The molecular weight excluding hydrogens is 262 g/mol. The third-order valence-electron chi connectivity index (χ3n) is 4.21. The summed E-state index contributed by atoms with van der Waals surface area (Å²) in [6.45, 7) is 4.16. The van der Waals surface area contributed by atoms with E-state index in [1.807, 2.05) is 0 Å². The van der Waals surface area contributed by atoms with E-state index in [-0.39, 0.29) is 29.4 Å². The summed E-state index contributed by atoms with van der Waals surface area (Å²) in [6.07, 6.45) is 7.61. The molecule has 19 heavy (non-hydrogen) atoms. The van der Waals surface area contributed by atoms with Crippen LogP contribution in [0, 0.1) is 5.92 Å². The van der Waals surface area contributed by atoms with Crippen LogP contribution in [0.4, 0.5) is 0 Å². The fourth-order valence-corrected chi connectivity index (χ4v) is 4.89. The molecule has 0 N–H and O–H groups in total. The second-order valence-electron chi connectivity index (χ2n) is 5.67. The van der Waals surface area contributed by atoms with Crippen LogP contribution in [0.25, 0.3) is 0 Å². The van der Waals surface area contributed by atoms with Crippen molar-refractivity contribution in [2.75, 3.05) is 18.1 Å². The lowest BCUT2D eigenvalue weighted by atomic mass is 9.88. The number of hydrogen-bond donors (Lipinski definition) is 0. The van der Waals surface area contributed by atoms with Crippen molar-refractivity contribution in [3.8, 4) is 0 Å². The van der Waals surface area contributed by atoms with Crippen molar-refractivity contribution in [1.29, 1.82) is 0 Å². The largest absolute Gasteiger partial charge is 0.335 e. The number of hydrogen-bond acceptors (Lipinski definition) is 3. The smallest absolute Gasteiger partial charge is 0.226 e. The first-order chi connectivity index (χ1) is 9.03. The van der Waals surface area contributed by atoms with Gasteiger partial charge in [0, 0.05) is 18.5 Å². The van der Waals surface area contributed by atoms with E-state index >= 15 is 0 Å². The lowest BCUT2D eigenvalue weighted by Crippen LogP contribution is -2.44. The van der Waals surface area contributed by atoms with Gasteiger partial charge >= 0.3 is 0 Å². The van der Waals surface area contributed by atoms with Gasteiger partial charge in [0.25, 0.3) is 0 Å². The van der Waals surface area contributed by atoms with Crippen LogP contribution < -0.4 is 0 Å². The van der Waals surface area contributed by atoms with Gasteiger partial charge in [0.05, 0.1) is 11.5 Å². The van der Waals surface area contributed by atoms with Crippen LogP contribution in [-0.2, 0) is 14.6 Å². The van der Waals surface area contributed by atoms with Crippen LogP contribution in [0.2, 0.25) is 0 Å². The summed E-state index contributed by atoms with van der Waals surface area (Å²) < 4.78 is 23.2. The Morgan fingerprint density at radius 1 is 1.21 bits per heavy atom. The van der Waals surface area contributed by atoms with Gasteiger partial charge in [0.1, 0.15) is 0 Å². The average molecular weight is 285 g/mol. The molecule has 1 heterocycles. The maximum absolute atomic E-state index is 12.6. The molecule has 1 unspecified atom stereocenters. The Labute approximate surface area is 115 Å². The molecule has 4 nitrogen and oxygen atoms in total. The number of amides is 1. The predicted molar refractivity (Wildman–Crippen MR) is 75.5 cm³/mol. The van der Waals surface area contributed by atoms with Crippen LogP contribution >= 0.6 is 0 Å². The Morgan fingerprint density at radius 2 is 1.89 bits per heavy atom. The van der Waals surface area contributed by atoms with Crippen molar-refractivity contribution in [1.82, 2.24) is 4.90 Å². The van der Waals surface area contributed by atoms with Gasteiger partial charge in [-0.15, -0.1) is 6.58 Å². The number of carbonyl (C=O) groups excluding carboxylic acids is 1. The van der Waals surface area contributed by atoms with Crippen molar-refractivity contribution in [2.24, 2.45) is 5.92 Å². The van der Waals surface area contributed by atoms with Crippen LogP contribution in [0.3, 0.4) is 0 Å². The molecule has 2 fully saturated rings. The van der Waals surface area contributed by atoms with Gasteiger partial charge in [-0.3, -0.25) is 4.79 Å². The number of rotatable bonds is 4. The van der Waals surface area contributed by atoms with Gasteiger partial charge in [-0.2, -0.15) is 0 Å². The van der Waals surface area contributed by atoms with E-state index in [9.17, 15) is 13.2 Å². The molecule has 1 aliphatic heterocycles. The molecular formula is C14H23NO3S. The quantitative estimate of drug-likeness (QED) is 0.740. The van der Waals surface area contributed by atoms with E-state index in [0.29, 0.717) is 13.0 Å². The zero-order valence-electron chi connectivity index (χ0n) is 11.4. The highest BCUT2D eigenvalue weighted by atomic mass is 32.2. The van der Waals surface area contributed by atoms with Crippen molar-refractivity contribution < 1.29 is 13.2 Å². The molecule has 5 heteroatoms. The standard InChI is InChI=1S/C14H23NO3S/c1-2-9-15(13-8-10-19(17,18)11-13)14(16)12-6-4-3-5-7-12/h2,12-13H,1,3-11H2. The van der Waals surface area contributed by atoms with Crippen LogP contribution in [0.5, 0.6) is 0 Å². The minimum Gasteiger partial charge on any atom is -0.335 e. The van der Waals surface area contributed by atoms with E-state index in [2.05, 4.69) is 6.58 Å². The summed E-state index contributed by atoms with van der Waals surface area (Å²) >= 11 is 0. The number of carbonyl (C=O) groups is 1. The summed E-state index contributed by atoms with van der Waals surface area (Å²) in [5, 5.41) is 0. The fraction of sp³-hybridized carbons (Fsp3) is 0.786. The van der Waals surface area contributed by atoms with Crippen molar-refractivity contribution in [3.63, 3.8) is 0 Å². The van der Waals surface area contributed by atoms with Gasteiger partial charge in [-0.1, -0.05) is 25.3 Å². The van der Waals surface area contributed by atoms with E-state index in [1.165, 1.54) is 6.42 Å². The SMILES string of the molecule is C=CCN(C(=O)C1CCCCC1)C1CCS(=O)(=O)C1. The van der Waals surface area contributed by atoms with Crippen LogP contribution in [-0.4, -0.2) is 43.3 Å². The monoisotopic (exact) mass is 285 g/mol. The fourth-order valence-electron chi connectivity index (χ4n) is 3.16. The molecule has 1 atom stereocenters. The minimum absolute atomic E-state index is 0.0944. The molecule has 0 radical (unpaired) electrons. The van der Waals surface area contributed by atoms with Crippen molar-refractivity contribution in [2.45, 2.75) is 44.6 Å². The lowest BCUT2D eigenvalue weighted by Gasteiger charge is -2.32. The highest BCUT2D eigenvalue weighted by Gasteiger charge is 2.36. The van der Waals surface area contributed by atoms with Gasteiger partial charge < -0.3 is 4.90 Å². The molecule has 0 bridgehead atoms. The lowest BCUT2D eigenvalue weighted by molar-refractivity contribution is -0.137. The van der Waals surface area contributed by atoms with Gasteiger partial charge in [-0.05, 0) is 19.3 Å². The Kier molecular flexibility index (Phi) is 4.66. The zero-order chi connectivity index (χ0) is 13.9. The zero-order valence-corrected chi connectivity index (χ0v) is 12.2. The van der Waals surface area contributed by atoms with E-state index < -0.39 is 9.84 Å². The third kappa shape index (κ3) is 3.59. The normalized spacial score (nSPS) is 27.1. The summed E-state index contributed by atoms with van der Waals surface area (Å²) in [6, 6.07) is -0.141. The van der Waals surface area contributed by atoms with Gasteiger partial charge in [-0.25, -0.2) is 8.42 Å². The van der Waals surface area contributed by atoms with Crippen molar-refractivity contribution in [3.05, 3.63) is 12.7 Å². The summed E-state index contributed by atoms with van der Waals surface area (Å²) in [5.41, 5.74) is 0. The first kappa shape index (κ1) is 14.6. The predicted octanol–water partition coefficient (Wildman–Crippen LogP) is 1.77. The number of nitrogens with zero attached hydrogens (tertiary/aromatic N) is 1. The van der Waals surface area contributed by atoms with Crippen LogP contribution in [0.15, 0.2) is 12.7 Å². The Morgan fingerprint density at radius 3 is 2.42 bits per heavy atom. The molecule has 0 spiro atoms. The molecule has 1 aliphatic carbocycles. The average Bonchev–Trinajstić information content (AvgIpc) is 2.76. The molecule has 1 saturated carbocycles. The third-order valence-corrected chi connectivity index (χ3v) is 5.96.